The Bertz CT molecular complexity index is 785. The summed E-state index contributed by atoms with van der Waals surface area (Å²) in [5, 5.41) is 1.76. The van der Waals surface area contributed by atoms with Gasteiger partial charge in [-0.05, 0) is 53.5 Å². The van der Waals surface area contributed by atoms with Crippen molar-refractivity contribution < 1.29 is 17.9 Å². The van der Waals surface area contributed by atoms with Gasteiger partial charge >= 0.3 is 0 Å². The second kappa shape index (κ2) is 6.51. The summed E-state index contributed by atoms with van der Waals surface area (Å²) in [5.74, 6) is 1.55. The molecule has 1 heterocycles. The molecule has 0 amide bonds. The van der Waals surface area contributed by atoms with Crippen molar-refractivity contribution in [1.82, 2.24) is 4.72 Å². The van der Waals surface area contributed by atoms with E-state index in [1.165, 1.54) is 16.9 Å². The van der Waals surface area contributed by atoms with Crippen molar-refractivity contribution in [3.8, 4) is 11.5 Å². The maximum absolute atomic E-state index is 12.2. The van der Waals surface area contributed by atoms with Crippen molar-refractivity contribution in [2.24, 2.45) is 0 Å². The third-order valence-electron chi connectivity index (χ3n) is 4.13. The van der Waals surface area contributed by atoms with Crippen LogP contribution in [0.2, 0.25) is 0 Å². The third-order valence-corrected chi connectivity index (χ3v) is 6.95. The monoisotopic (exact) mass is 353 g/mol. The lowest BCUT2D eigenvalue weighted by Crippen LogP contribution is -2.27. The lowest BCUT2D eigenvalue weighted by Gasteiger charge is -2.15. The van der Waals surface area contributed by atoms with E-state index in [9.17, 15) is 8.42 Å². The molecule has 1 aromatic heterocycles. The normalized spacial score (nSPS) is 17.0. The molecule has 3 rings (SSSR count). The summed E-state index contributed by atoms with van der Waals surface area (Å²) in [5.41, 5.74) is 2.33. The van der Waals surface area contributed by atoms with Crippen LogP contribution < -0.4 is 14.2 Å². The number of fused-ring (bicyclic) bond motifs is 1. The Hall–Kier alpha value is -1.57. The van der Waals surface area contributed by atoms with Crippen LogP contribution in [0.1, 0.15) is 23.5 Å². The van der Waals surface area contributed by atoms with E-state index >= 15 is 0 Å². The Kier molecular flexibility index (Phi) is 4.61. The Labute approximate surface area is 140 Å². The van der Waals surface area contributed by atoms with Crippen LogP contribution in [0, 0.1) is 0 Å². The summed E-state index contributed by atoms with van der Waals surface area (Å²) in [6.45, 7) is 0.392. The highest BCUT2D eigenvalue weighted by Gasteiger charge is 2.27. The quantitative estimate of drug-likeness (QED) is 0.867. The molecule has 2 aromatic rings. The highest BCUT2D eigenvalue weighted by molar-refractivity contribution is 7.91. The van der Waals surface area contributed by atoms with Gasteiger partial charge in [0.2, 0.25) is 10.0 Å². The van der Waals surface area contributed by atoms with Gasteiger partial charge in [0.05, 0.1) is 14.2 Å². The van der Waals surface area contributed by atoms with E-state index < -0.39 is 10.0 Å². The molecule has 1 N–H and O–H groups in total. The van der Waals surface area contributed by atoms with Crippen molar-refractivity contribution >= 4 is 21.4 Å². The number of sulfonamides is 1. The topological polar surface area (TPSA) is 64.6 Å². The molecule has 7 heteroatoms. The Morgan fingerprint density at radius 3 is 2.65 bits per heavy atom. The van der Waals surface area contributed by atoms with Gasteiger partial charge in [0.25, 0.3) is 0 Å². The first-order chi connectivity index (χ1) is 11.0. The van der Waals surface area contributed by atoms with Crippen molar-refractivity contribution in [3.63, 3.8) is 0 Å². The molecule has 124 valence electrons. The van der Waals surface area contributed by atoms with E-state index in [1.54, 1.807) is 31.7 Å². The molecule has 1 aliphatic carbocycles. The highest BCUT2D eigenvalue weighted by Crippen LogP contribution is 2.40. The fraction of sp³-hybridized carbons (Fsp3) is 0.375. The first-order valence-corrected chi connectivity index (χ1v) is 9.69. The van der Waals surface area contributed by atoms with Crippen LogP contribution in [0.25, 0.3) is 0 Å². The number of hydrogen-bond acceptors (Lipinski definition) is 5. The van der Waals surface area contributed by atoms with Crippen molar-refractivity contribution in [2.45, 2.75) is 23.0 Å². The number of nitrogens with one attached hydrogen (secondary N) is 1. The lowest BCUT2D eigenvalue weighted by molar-refractivity contribution is 0.354. The minimum atomic E-state index is -3.42. The summed E-state index contributed by atoms with van der Waals surface area (Å²) in [4.78, 5) is 0. The lowest BCUT2D eigenvalue weighted by atomic mass is 10.0. The number of hydrogen-bond donors (Lipinski definition) is 1. The van der Waals surface area contributed by atoms with Crippen LogP contribution in [0.3, 0.4) is 0 Å². The first kappa shape index (κ1) is 16.3. The largest absolute Gasteiger partial charge is 0.493 e. The van der Waals surface area contributed by atoms with E-state index in [2.05, 4.69) is 4.72 Å². The van der Waals surface area contributed by atoms with E-state index in [4.69, 9.17) is 9.47 Å². The van der Waals surface area contributed by atoms with Gasteiger partial charge in [-0.3, -0.25) is 0 Å². The minimum Gasteiger partial charge on any atom is -0.493 e. The summed E-state index contributed by atoms with van der Waals surface area (Å²) in [6, 6.07) is 7.30. The highest BCUT2D eigenvalue weighted by atomic mass is 32.2. The van der Waals surface area contributed by atoms with Crippen molar-refractivity contribution in [1.29, 1.82) is 0 Å². The molecule has 0 radical (unpaired) electrons. The van der Waals surface area contributed by atoms with Crippen LogP contribution in [0.4, 0.5) is 0 Å². The first-order valence-electron chi connectivity index (χ1n) is 7.33. The van der Waals surface area contributed by atoms with Gasteiger partial charge in [0.15, 0.2) is 11.5 Å². The van der Waals surface area contributed by atoms with Gasteiger partial charge in [-0.25, -0.2) is 13.1 Å². The molecular formula is C16H19NO4S2. The van der Waals surface area contributed by atoms with Crippen LogP contribution in [0.5, 0.6) is 11.5 Å². The molecule has 0 fully saturated rings. The predicted molar refractivity (Wildman–Crippen MR) is 90.1 cm³/mol. The minimum absolute atomic E-state index is 0.152. The molecule has 0 saturated heterocycles. The van der Waals surface area contributed by atoms with E-state index in [0.717, 1.165) is 18.4 Å². The average molecular weight is 353 g/mol. The zero-order valence-corrected chi connectivity index (χ0v) is 14.7. The van der Waals surface area contributed by atoms with E-state index in [1.807, 2.05) is 12.1 Å². The average Bonchev–Trinajstić information content (AvgIpc) is 3.21. The molecular weight excluding hydrogens is 334 g/mol. The Morgan fingerprint density at radius 1 is 1.26 bits per heavy atom. The summed E-state index contributed by atoms with van der Waals surface area (Å²) in [7, 11) is -0.201. The predicted octanol–water partition coefficient (Wildman–Crippen LogP) is 2.77. The molecule has 0 saturated carbocycles. The van der Waals surface area contributed by atoms with E-state index in [0.29, 0.717) is 22.3 Å². The standard InChI is InChI=1S/C16H19NO4S2/c1-20-14-8-11-5-6-12(13(11)9-15(14)21-2)10-17-23(18,19)16-4-3-7-22-16/h3-4,7-9,12,17H,5-6,10H2,1-2H3. The number of rotatable bonds is 6. The molecule has 23 heavy (non-hydrogen) atoms. The van der Waals surface area contributed by atoms with Gasteiger partial charge in [-0.1, -0.05) is 6.07 Å². The second-order valence-corrected chi connectivity index (χ2v) is 8.37. The van der Waals surface area contributed by atoms with Crippen molar-refractivity contribution in [3.05, 3.63) is 40.8 Å². The Morgan fingerprint density at radius 2 is 2.00 bits per heavy atom. The smallest absolute Gasteiger partial charge is 0.250 e. The van der Waals surface area contributed by atoms with Gasteiger partial charge < -0.3 is 9.47 Å². The molecule has 1 atom stereocenters. The molecule has 0 aliphatic heterocycles. The number of methoxy groups -OCH3 is 2. The number of ether oxygens (including phenoxy) is 2. The van der Waals surface area contributed by atoms with Crippen LogP contribution >= 0.6 is 11.3 Å². The number of aryl methyl sites for hydroxylation is 1. The molecule has 1 aromatic carbocycles. The molecule has 1 aliphatic rings. The van der Waals surface area contributed by atoms with E-state index in [-0.39, 0.29) is 5.92 Å². The number of thiophene rings is 1. The third kappa shape index (κ3) is 3.22. The molecule has 0 spiro atoms. The molecule has 0 bridgehead atoms. The fourth-order valence-electron chi connectivity index (χ4n) is 2.93. The SMILES string of the molecule is COc1cc2c(cc1OC)C(CNS(=O)(=O)c1cccs1)CC2. The maximum atomic E-state index is 12.2. The summed E-state index contributed by atoms with van der Waals surface area (Å²) >= 11 is 1.22. The van der Waals surface area contributed by atoms with Crippen molar-refractivity contribution in [2.75, 3.05) is 20.8 Å². The Balaban J connectivity index is 1.78. The van der Waals surface area contributed by atoms with Gasteiger partial charge in [-0.15, -0.1) is 11.3 Å². The van der Waals surface area contributed by atoms with Gasteiger partial charge in [0, 0.05) is 6.54 Å². The van der Waals surface area contributed by atoms with Gasteiger partial charge in [-0.2, -0.15) is 0 Å². The zero-order valence-electron chi connectivity index (χ0n) is 13.0. The van der Waals surface area contributed by atoms with Gasteiger partial charge in [0.1, 0.15) is 4.21 Å². The van der Waals surface area contributed by atoms with Crippen LogP contribution in [-0.2, 0) is 16.4 Å². The van der Waals surface area contributed by atoms with Crippen LogP contribution in [0.15, 0.2) is 33.9 Å². The fourth-order valence-corrected chi connectivity index (χ4v) is 5.05. The summed E-state index contributed by atoms with van der Waals surface area (Å²) < 4.78 is 38.2. The molecule has 1 unspecified atom stereocenters. The molecule has 5 nitrogen and oxygen atoms in total. The number of benzene rings is 1. The second-order valence-electron chi connectivity index (χ2n) is 5.43. The summed E-state index contributed by atoms with van der Waals surface area (Å²) in [6.07, 6.45) is 1.83. The zero-order chi connectivity index (χ0) is 16.4. The van der Waals surface area contributed by atoms with Crippen LogP contribution in [-0.4, -0.2) is 29.2 Å². The maximum Gasteiger partial charge on any atom is 0.250 e.